The second-order valence-corrected chi connectivity index (χ2v) is 7.05. The fourth-order valence-electron chi connectivity index (χ4n) is 3.75. The quantitative estimate of drug-likeness (QED) is 0.380. The molecule has 0 saturated carbocycles. The number of aryl methyl sites for hydroxylation is 2. The molecule has 0 amide bonds. The van der Waals surface area contributed by atoms with Crippen molar-refractivity contribution in [2.24, 2.45) is 0 Å². The molecule has 152 valence electrons. The van der Waals surface area contributed by atoms with Crippen LogP contribution in [0, 0.1) is 6.92 Å². The summed E-state index contributed by atoms with van der Waals surface area (Å²) in [7, 11) is 0. The van der Waals surface area contributed by atoms with Crippen LogP contribution in [0.3, 0.4) is 0 Å². The number of anilines is 1. The van der Waals surface area contributed by atoms with E-state index in [1.807, 2.05) is 72.9 Å². The third-order valence-corrected chi connectivity index (χ3v) is 5.14. The number of nitrogens with zero attached hydrogens (tertiary/aromatic N) is 2. The summed E-state index contributed by atoms with van der Waals surface area (Å²) < 4.78 is 14.2. The summed E-state index contributed by atoms with van der Waals surface area (Å²) in [5, 5.41) is 0. The van der Waals surface area contributed by atoms with E-state index < -0.39 is 0 Å². The second-order valence-electron chi connectivity index (χ2n) is 7.05. The molecular weight excluding hydrogens is 372 g/mol. The Balaban J connectivity index is 1.43. The molecule has 4 rings (SSSR count). The average Bonchev–Trinajstić information content (AvgIpc) is 3.30. The zero-order valence-electron chi connectivity index (χ0n) is 17.7. The van der Waals surface area contributed by atoms with Crippen molar-refractivity contribution in [2.45, 2.75) is 27.3 Å². The van der Waals surface area contributed by atoms with E-state index in [1.54, 1.807) is 0 Å². The Hall–Kier alpha value is -3.53. The number of hydrogen-bond donors (Lipinski definition) is 0. The Morgan fingerprint density at radius 3 is 2.57 bits per heavy atom. The largest absolute Gasteiger partial charge is 0.439 e. The monoisotopic (exact) mass is 399 g/mol. The van der Waals surface area contributed by atoms with Gasteiger partial charge in [0.05, 0.1) is 11.8 Å². The van der Waals surface area contributed by atoms with Gasteiger partial charge in [0.2, 0.25) is 11.5 Å². The Morgan fingerprint density at radius 1 is 0.933 bits per heavy atom. The van der Waals surface area contributed by atoms with Crippen molar-refractivity contribution < 1.29 is 13.7 Å². The summed E-state index contributed by atoms with van der Waals surface area (Å²) in [6.45, 7) is 8.10. The highest BCUT2D eigenvalue weighted by Crippen LogP contribution is 2.38. The highest BCUT2D eigenvalue weighted by Gasteiger charge is 2.23. The fraction of sp³-hybridized carbons (Fsp3) is 0.192. The topological polar surface area (TPSA) is 29.5 Å². The zero-order valence-corrected chi connectivity index (χ0v) is 17.7. The number of aromatic nitrogens is 1. The molecule has 2 heterocycles. The van der Waals surface area contributed by atoms with Crippen LogP contribution >= 0.6 is 0 Å². The molecule has 0 N–H and O–H groups in total. The van der Waals surface area contributed by atoms with Gasteiger partial charge >= 0.3 is 5.89 Å². The first-order chi connectivity index (χ1) is 14.7. The van der Waals surface area contributed by atoms with Gasteiger partial charge in [0, 0.05) is 12.1 Å². The molecule has 4 heteroatoms. The van der Waals surface area contributed by atoms with Crippen molar-refractivity contribution in [1.82, 2.24) is 0 Å². The average molecular weight is 400 g/mol. The first kappa shape index (κ1) is 19.8. The SMILES string of the molecule is CCN1C(=CC=CC=CC=Cc2oc3cccc(C)c3[n+]2CC)Oc2ccccc21. The lowest BCUT2D eigenvalue weighted by Gasteiger charge is -2.14. The predicted octanol–water partition coefficient (Wildman–Crippen LogP) is 5.93. The highest BCUT2D eigenvalue weighted by molar-refractivity contribution is 5.73. The van der Waals surface area contributed by atoms with Crippen molar-refractivity contribution in [1.29, 1.82) is 0 Å². The molecule has 30 heavy (non-hydrogen) atoms. The van der Waals surface area contributed by atoms with Gasteiger partial charge < -0.3 is 14.1 Å². The smallest absolute Gasteiger partial charge is 0.374 e. The molecule has 0 saturated heterocycles. The van der Waals surface area contributed by atoms with E-state index in [9.17, 15) is 0 Å². The van der Waals surface area contributed by atoms with Crippen LogP contribution < -0.4 is 14.2 Å². The normalized spacial score (nSPS) is 15.3. The van der Waals surface area contributed by atoms with Crippen LogP contribution in [0.25, 0.3) is 17.2 Å². The third kappa shape index (κ3) is 3.81. The molecule has 1 aliphatic heterocycles. The summed E-state index contributed by atoms with van der Waals surface area (Å²) in [6, 6.07) is 14.3. The van der Waals surface area contributed by atoms with E-state index in [4.69, 9.17) is 9.15 Å². The molecular formula is C26H27N2O2+. The number of oxazole rings is 1. The molecule has 0 aliphatic carbocycles. The number of hydrogen-bond acceptors (Lipinski definition) is 3. The molecule has 0 radical (unpaired) electrons. The summed E-state index contributed by atoms with van der Waals surface area (Å²) >= 11 is 0. The number of rotatable bonds is 6. The second kappa shape index (κ2) is 8.87. The van der Waals surface area contributed by atoms with Crippen LogP contribution in [0.1, 0.15) is 25.3 Å². The van der Waals surface area contributed by atoms with Gasteiger partial charge in [-0.1, -0.05) is 54.6 Å². The van der Waals surface area contributed by atoms with Crippen LogP contribution in [0.5, 0.6) is 5.75 Å². The van der Waals surface area contributed by atoms with Crippen molar-refractivity contribution in [3.63, 3.8) is 0 Å². The Kier molecular flexibility index (Phi) is 5.84. The van der Waals surface area contributed by atoms with E-state index in [2.05, 4.69) is 42.4 Å². The number of fused-ring (bicyclic) bond motifs is 2. The Morgan fingerprint density at radius 2 is 1.73 bits per heavy atom. The maximum absolute atomic E-state index is 6.01. The molecule has 0 spiro atoms. The van der Waals surface area contributed by atoms with Gasteiger partial charge in [0.25, 0.3) is 5.52 Å². The lowest BCUT2D eigenvalue weighted by molar-refractivity contribution is -0.674. The minimum absolute atomic E-state index is 0.848. The highest BCUT2D eigenvalue weighted by atomic mass is 16.5. The van der Waals surface area contributed by atoms with Crippen LogP contribution in [0.15, 0.2) is 89.2 Å². The van der Waals surface area contributed by atoms with Crippen LogP contribution in [-0.4, -0.2) is 6.54 Å². The molecule has 0 unspecified atom stereocenters. The minimum Gasteiger partial charge on any atom is -0.439 e. The summed E-state index contributed by atoms with van der Waals surface area (Å²) in [6.07, 6.45) is 14.0. The van der Waals surface area contributed by atoms with Crippen molar-refractivity contribution in [3.05, 3.63) is 96.3 Å². The molecule has 1 aliphatic rings. The van der Waals surface area contributed by atoms with Gasteiger partial charge in [-0.05, 0) is 45.0 Å². The summed E-state index contributed by atoms with van der Waals surface area (Å²) in [5.41, 5.74) is 4.42. The fourth-order valence-corrected chi connectivity index (χ4v) is 3.75. The lowest BCUT2D eigenvalue weighted by atomic mass is 10.2. The molecule has 3 aromatic rings. The maximum Gasteiger partial charge on any atom is 0.374 e. The summed E-state index contributed by atoms with van der Waals surface area (Å²) in [5.74, 6) is 2.61. The first-order valence-electron chi connectivity index (χ1n) is 10.4. The Labute approximate surface area is 177 Å². The molecule has 2 aromatic carbocycles. The number of allylic oxidation sites excluding steroid dienone is 6. The Bertz CT molecular complexity index is 1160. The van der Waals surface area contributed by atoms with Crippen LogP contribution in [0.2, 0.25) is 0 Å². The van der Waals surface area contributed by atoms with E-state index in [1.165, 1.54) is 5.56 Å². The molecule has 1 aromatic heterocycles. The number of benzene rings is 2. The minimum atomic E-state index is 0.848. The van der Waals surface area contributed by atoms with E-state index >= 15 is 0 Å². The predicted molar refractivity (Wildman–Crippen MR) is 122 cm³/mol. The van der Waals surface area contributed by atoms with E-state index in [0.717, 1.165) is 47.4 Å². The van der Waals surface area contributed by atoms with Gasteiger partial charge in [-0.25, -0.2) is 0 Å². The van der Waals surface area contributed by atoms with E-state index in [0.29, 0.717) is 0 Å². The molecule has 0 fully saturated rings. The molecule has 4 nitrogen and oxygen atoms in total. The molecule has 0 atom stereocenters. The summed E-state index contributed by atoms with van der Waals surface area (Å²) in [4.78, 5) is 2.16. The molecule has 0 bridgehead atoms. The lowest BCUT2D eigenvalue weighted by Crippen LogP contribution is -2.34. The van der Waals surface area contributed by atoms with Gasteiger partial charge in [0.15, 0.2) is 5.75 Å². The first-order valence-corrected chi connectivity index (χ1v) is 10.4. The standard InChI is InChI=1S/C26H27N2O2/c1-4-27-21-15-11-12-16-22(21)29-24(27)18-9-7-6-8-10-19-25-28(5-2)26-20(3)14-13-17-23(26)30-25/h6-19H,4-5H2,1-3H3/q+1. The van der Waals surface area contributed by atoms with Crippen molar-refractivity contribution >= 4 is 22.9 Å². The van der Waals surface area contributed by atoms with Crippen LogP contribution in [0.4, 0.5) is 5.69 Å². The number of para-hydroxylation sites is 3. The van der Waals surface area contributed by atoms with Crippen molar-refractivity contribution in [2.75, 3.05) is 11.4 Å². The van der Waals surface area contributed by atoms with Gasteiger partial charge in [-0.15, -0.1) is 0 Å². The number of ether oxygens (including phenoxy) is 1. The van der Waals surface area contributed by atoms with E-state index in [-0.39, 0.29) is 0 Å². The van der Waals surface area contributed by atoms with Crippen molar-refractivity contribution in [3.8, 4) is 5.75 Å². The van der Waals surface area contributed by atoms with Gasteiger partial charge in [0.1, 0.15) is 6.54 Å². The zero-order chi connectivity index (χ0) is 20.9. The van der Waals surface area contributed by atoms with Gasteiger partial charge in [-0.2, -0.15) is 4.57 Å². The van der Waals surface area contributed by atoms with Gasteiger partial charge in [-0.3, -0.25) is 0 Å². The van der Waals surface area contributed by atoms with Crippen LogP contribution in [-0.2, 0) is 6.54 Å². The third-order valence-electron chi connectivity index (χ3n) is 5.14. The maximum atomic E-state index is 6.01.